The third-order valence-corrected chi connectivity index (χ3v) is 11.3. The monoisotopic (exact) mass is 681 g/mol. The fourth-order valence-electron chi connectivity index (χ4n) is 7.67. The van der Waals surface area contributed by atoms with Crippen LogP contribution in [0.3, 0.4) is 0 Å². The van der Waals surface area contributed by atoms with Gasteiger partial charge in [-0.05, 0) is 75.1 Å². The number of furan rings is 1. The van der Waals surface area contributed by atoms with Crippen LogP contribution in [0.1, 0.15) is 0 Å². The van der Waals surface area contributed by atoms with Crippen LogP contribution in [0, 0.1) is 0 Å². The number of nitrogens with zero attached hydrogens (tertiary/aromatic N) is 3. The second-order valence-electron chi connectivity index (χ2n) is 13.2. The lowest BCUT2D eigenvalue weighted by molar-refractivity contribution is 0.669. The van der Waals surface area contributed by atoms with Crippen molar-refractivity contribution < 1.29 is 4.42 Å². The van der Waals surface area contributed by atoms with Gasteiger partial charge in [0.25, 0.3) is 0 Å². The zero-order valence-electron chi connectivity index (χ0n) is 27.7. The molecule has 8 aromatic carbocycles. The van der Waals surface area contributed by atoms with E-state index in [1.807, 2.05) is 41.7 Å². The molecule has 0 aliphatic carbocycles. The van der Waals surface area contributed by atoms with Gasteiger partial charge in [0.2, 0.25) is 0 Å². The maximum Gasteiger partial charge on any atom is 0.165 e. The Morgan fingerprint density at radius 1 is 0.385 bits per heavy atom. The van der Waals surface area contributed by atoms with Gasteiger partial charge in [-0.25, -0.2) is 15.0 Å². The topological polar surface area (TPSA) is 51.8 Å². The maximum absolute atomic E-state index is 6.46. The van der Waals surface area contributed by atoms with Crippen molar-refractivity contribution in [2.24, 2.45) is 0 Å². The summed E-state index contributed by atoms with van der Waals surface area (Å²) in [5.41, 5.74) is 6.54. The van der Waals surface area contributed by atoms with E-state index in [1.165, 1.54) is 36.3 Å². The van der Waals surface area contributed by atoms with Crippen LogP contribution in [0.25, 0.3) is 109 Å². The van der Waals surface area contributed by atoms with Crippen LogP contribution < -0.4 is 0 Å². The van der Waals surface area contributed by atoms with E-state index in [0.29, 0.717) is 17.5 Å². The van der Waals surface area contributed by atoms with Gasteiger partial charge in [0, 0.05) is 47.6 Å². The quantitative estimate of drug-likeness (QED) is 0.174. The van der Waals surface area contributed by atoms with Crippen molar-refractivity contribution in [2.45, 2.75) is 0 Å². The molecular formula is C47H27N3OS. The van der Waals surface area contributed by atoms with Crippen LogP contribution in [0.5, 0.6) is 0 Å². The number of fused-ring (bicyclic) bond motifs is 9. The Kier molecular flexibility index (Phi) is 6.39. The first kappa shape index (κ1) is 29.1. The summed E-state index contributed by atoms with van der Waals surface area (Å²) in [6.45, 7) is 0. The Labute approximate surface area is 302 Å². The minimum atomic E-state index is 0.602. The summed E-state index contributed by atoms with van der Waals surface area (Å²) in [5, 5.41) is 9.31. The molecular weight excluding hydrogens is 655 g/mol. The van der Waals surface area contributed by atoms with Crippen LogP contribution in [0.4, 0.5) is 0 Å². The van der Waals surface area contributed by atoms with Gasteiger partial charge in [-0.3, -0.25) is 0 Å². The fourth-order valence-corrected chi connectivity index (χ4v) is 8.75. The SMILES string of the molecule is c1ccc(-c2nc(-c3ccc4c(ccc5ccccc54)c3)nc(-c3c(-c4ccc5sc6ccccc6c5c4)ccc4oc5ccccc5c34)n2)cc1. The van der Waals surface area contributed by atoms with Crippen LogP contribution in [0.15, 0.2) is 168 Å². The van der Waals surface area contributed by atoms with E-state index < -0.39 is 0 Å². The Balaban J connectivity index is 1.21. The molecule has 0 fully saturated rings. The molecule has 0 saturated carbocycles. The second-order valence-corrected chi connectivity index (χ2v) is 14.2. The number of aromatic nitrogens is 3. The zero-order chi connectivity index (χ0) is 34.2. The molecule has 5 heteroatoms. The molecule has 0 bridgehead atoms. The van der Waals surface area contributed by atoms with Gasteiger partial charge in [0.1, 0.15) is 11.2 Å². The van der Waals surface area contributed by atoms with Gasteiger partial charge >= 0.3 is 0 Å². The molecule has 0 aliphatic heterocycles. The minimum Gasteiger partial charge on any atom is -0.456 e. The third-order valence-electron chi connectivity index (χ3n) is 10.1. The summed E-state index contributed by atoms with van der Waals surface area (Å²) >= 11 is 1.82. The summed E-state index contributed by atoms with van der Waals surface area (Å²) in [6.07, 6.45) is 0. The molecule has 0 unspecified atom stereocenters. The number of thiophene rings is 1. The van der Waals surface area contributed by atoms with Crippen molar-refractivity contribution >= 4 is 75.0 Å². The molecule has 3 heterocycles. The first-order valence-corrected chi connectivity index (χ1v) is 18.2. The van der Waals surface area contributed by atoms with Crippen LogP contribution in [-0.4, -0.2) is 15.0 Å². The maximum atomic E-state index is 6.46. The molecule has 11 aromatic rings. The fraction of sp³-hybridized carbons (Fsp3) is 0. The predicted octanol–water partition coefficient (Wildman–Crippen LogP) is 13.1. The highest BCUT2D eigenvalue weighted by Crippen LogP contribution is 2.44. The van der Waals surface area contributed by atoms with Gasteiger partial charge in [0.05, 0.1) is 0 Å². The highest BCUT2D eigenvalue weighted by Gasteiger charge is 2.22. The van der Waals surface area contributed by atoms with E-state index in [2.05, 4.69) is 133 Å². The van der Waals surface area contributed by atoms with E-state index in [0.717, 1.165) is 55.1 Å². The Morgan fingerprint density at radius 2 is 1.06 bits per heavy atom. The van der Waals surface area contributed by atoms with E-state index in [1.54, 1.807) is 0 Å². The molecule has 0 saturated heterocycles. The first-order chi connectivity index (χ1) is 25.7. The smallest absolute Gasteiger partial charge is 0.165 e. The standard InChI is InChI=1S/C47H27N3OS/c1-2-11-29(12-3-1)45-48-46(32-20-22-34-30(26-32)19-18-28-10-4-5-13-33(28)34)50-47(49-45)44-35(23-24-40-43(44)37-15-6-8-16-39(37)51-40)31-21-25-42-38(27-31)36-14-7-9-17-41(36)52-42/h1-27H. The van der Waals surface area contributed by atoms with E-state index >= 15 is 0 Å². The van der Waals surface area contributed by atoms with E-state index in [9.17, 15) is 0 Å². The average molecular weight is 682 g/mol. The highest BCUT2D eigenvalue weighted by atomic mass is 32.1. The lowest BCUT2D eigenvalue weighted by atomic mass is 9.93. The zero-order valence-corrected chi connectivity index (χ0v) is 28.6. The molecule has 0 spiro atoms. The highest BCUT2D eigenvalue weighted by molar-refractivity contribution is 7.25. The van der Waals surface area contributed by atoms with Crippen LogP contribution in [0.2, 0.25) is 0 Å². The van der Waals surface area contributed by atoms with Crippen LogP contribution >= 0.6 is 11.3 Å². The summed E-state index contributed by atoms with van der Waals surface area (Å²) < 4.78 is 9.01. The molecule has 0 N–H and O–H groups in total. The number of hydrogen-bond acceptors (Lipinski definition) is 5. The number of benzene rings is 8. The number of hydrogen-bond donors (Lipinski definition) is 0. The lowest BCUT2D eigenvalue weighted by Crippen LogP contribution is -2.01. The summed E-state index contributed by atoms with van der Waals surface area (Å²) in [6, 6.07) is 57.4. The van der Waals surface area contributed by atoms with Crippen molar-refractivity contribution in [3.05, 3.63) is 164 Å². The molecule has 242 valence electrons. The van der Waals surface area contributed by atoms with Crippen molar-refractivity contribution in [3.8, 4) is 45.3 Å². The summed E-state index contributed by atoms with van der Waals surface area (Å²) in [7, 11) is 0. The molecule has 4 nitrogen and oxygen atoms in total. The van der Waals surface area contributed by atoms with E-state index in [-0.39, 0.29) is 0 Å². The molecule has 11 rings (SSSR count). The third kappa shape index (κ3) is 4.57. The number of rotatable bonds is 4. The van der Waals surface area contributed by atoms with Crippen LogP contribution in [-0.2, 0) is 0 Å². The van der Waals surface area contributed by atoms with Crippen molar-refractivity contribution in [2.75, 3.05) is 0 Å². The average Bonchev–Trinajstić information content (AvgIpc) is 3.78. The Hall–Kier alpha value is -6.69. The second kappa shape index (κ2) is 11.4. The molecule has 0 amide bonds. The predicted molar refractivity (Wildman–Crippen MR) is 217 cm³/mol. The molecule has 3 aromatic heterocycles. The van der Waals surface area contributed by atoms with Crippen molar-refractivity contribution in [1.29, 1.82) is 0 Å². The summed E-state index contributed by atoms with van der Waals surface area (Å²) in [4.78, 5) is 15.7. The number of para-hydroxylation sites is 1. The molecule has 0 radical (unpaired) electrons. The van der Waals surface area contributed by atoms with Crippen molar-refractivity contribution in [3.63, 3.8) is 0 Å². The van der Waals surface area contributed by atoms with Gasteiger partial charge in [-0.15, -0.1) is 11.3 Å². The van der Waals surface area contributed by atoms with E-state index in [4.69, 9.17) is 19.4 Å². The largest absolute Gasteiger partial charge is 0.456 e. The van der Waals surface area contributed by atoms with Gasteiger partial charge in [-0.1, -0.05) is 121 Å². The molecule has 0 aliphatic rings. The van der Waals surface area contributed by atoms with Gasteiger partial charge in [0.15, 0.2) is 17.5 Å². The molecule has 52 heavy (non-hydrogen) atoms. The van der Waals surface area contributed by atoms with Gasteiger partial charge in [-0.2, -0.15) is 0 Å². The first-order valence-electron chi connectivity index (χ1n) is 17.3. The molecule has 0 atom stereocenters. The summed E-state index contributed by atoms with van der Waals surface area (Å²) in [5.74, 6) is 1.84. The minimum absolute atomic E-state index is 0.602. The van der Waals surface area contributed by atoms with Gasteiger partial charge < -0.3 is 4.42 Å². The Bertz CT molecular complexity index is 3200. The normalized spacial score (nSPS) is 11.8. The van der Waals surface area contributed by atoms with Crippen molar-refractivity contribution in [1.82, 2.24) is 15.0 Å². The Morgan fingerprint density at radius 3 is 1.96 bits per heavy atom. The lowest BCUT2D eigenvalue weighted by Gasteiger charge is -2.14.